The molecule has 5 atom stereocenters. The summed E-state index contributed by atoms with van der Waals surface area (Å²) in [6, 6.07) is -0.653. The van der Waals surface area contributed by atoms with E-state index < -0.39 is 56.4 Å². The van der Waals surface area contributed by atoms with Crippen LogP contribution < -0.4 is 10.6 Å². The molecule has 0 aromatic heterocycles. The summed E-state index contributed by atoms with van der Waals surface area (Å²) in [5, 5.41) is 5.67. The lowest BCUT2D eigenvalue weighted by atomic mass is 9.95. The molecular weight excluding hydrogens is 470 g/mol. The average Bonchev–Trinajstić information content (AvgIpc) is 2.99. The first-order valence-electron chi connectivity index (χ1n) is 12.6. The zero-order valence-electron chi connectivity index (χ0n) is 23.0. The second-order valence-corrected chi connectivity index (χ2v) is 17.4. The number of nitrogens with zero attached hydrogens (tertiary/aromatic N) is 1. The van der Waals surface area contributed by atoms with Crippen molar-refractivity contribution in [3.63, 3.8) is 0 Å². The fourth-order valence-corrected chi connectivity index (χ4v) is 5.47. The predicted octanol–water partition coefficient (Wildman–Crippen LogP) is 3.56. The molecule has 0 radical (unpaired) electrons. The van der Waals surface area contributed by atoms with Crippen LogP contribution in [0.2, 0.25) is 18.1 Å². The van der Waals surface area contributed by atoms with E-state index in [9.17, 15) is 9.59 Å². The number of urea groups is 1. The monoisotopic (exact) mass is 515 g/mol. The largest absolute Gasteiger partial charge is 0.444 e. The minimum Gasteiger partial charge on any atom is -0.444 e. The molecule has 35 heavy (non-hydrogen) atoms. The molecular formula is C24H45N3O7Si. The third-order valence-electron chi connectivity index (χ3n) is 6.99. The van der Waals surface area contributed by atoms with Crippen molar-refractivity contribution in [3.05, 3.63) is 0 Å². The molecule has 0 aromatic rings. The maximum atomic E-state index is 12.9. The number of amides is 3. The highest BCUT2D eigenvalue weighted by Crippen LogP contribution is 2.43. The summed E-state index contributed by atoms with van der Waals surface area (Å²) in [4.78, 5) is 27.1. The lowest BCUT2D eigenvalue weighted by Gasteiger charge is -2.50. The van der Waals surface area contributed by atoms with Gasteiger partial charge in [0.25, 0.3) is 0 Å². The second kappa shape index (κ2) is 9.81. The Morgan fingerprint density at radius 1 is 1.17 bits per heavy atom. The van der Waals surface area contributed by atoms with Gasteiger partial charge in [0.05, 0.1) is 0 Å². The number of ether oxygens (including phenoxy) is 4. The highest BCUT2D eigenvalue weighted by Gasteiger charge is 2.59. The summed E-state index contributed by atoms with van der Waals surface area (Å²) in [6.07, 6.45) is -1.98. The zero-order chi connectivity index (χ0) is 26.4. The standard InChI is InChI=1S/C24H45N3O7Si/c1-22(2,3)33-21(29)26-14-15-17-18(32-24(7,8)31-17)16(27-13-11-12-25-20(27)28)19(30-15)34-35(9,10)23(4,5)6/h15-19H,11-14H2,1-10H3,(H,25,28)(H,26,29)/t15?,16-,17?,18?,19?/m0/s1. The highest BCUT2D eigenvalue weighted by molar-refractivity contribution is 6.74. The van der Waals surface area contributed by atoms with E-state index in [1.54, 1.807) is 4.90 Å². The summed E-state index contributed by atoms with van der Waals surface area (Å²) < 4.78 is 31.3. The SMILES string of the molecule is CC(C)(C)OC(=O)NCC1OC(O[Si](C)(C)C(C)(C)C)[C@@H](N2CCCNC2=O)C2OC(C)(C)OC12. The molecule has 202 valence electrons. The maximum absolute atomic E-state index is 12.9. The van der Waals surface area contributed by atoms with Crippen LogP contribution in [-0.4, -0.2) is 87.0 Å². The summed E-state index contributed by atoms with van der Waals surface area (Å²) in [6.45, 7) is 21.3. The van der Waals surface area contributed by atoms with Crippen molar-refractivity contribution in [1.82, 2.24) is 15.5 Å². The van der Waals surface area contributed by atoms with Gasteiger partial charge in [0.2, 0.25) is 0 Å². The quantitative estimate of drug-likeness (QED) is 0.539. The van der Waals surface area contributed by atoms with E-state index in [0.29, 0.717) is 13.1 Å². The minimum absolute atomic E-state index is 0.0710. The predicted molar refractivity (Wildman–Crippen MR) is 134 cm³/mol. The molecule has 3 saturated heterocycles. The molecule has 3 aliphatic rings. The lowest BCUT2D eigenvalue weighted by Crippen LogP contribution is -2.69. The van der Waals surface area contributed by atoms with E-state index in [1.165, 1.54) is 0 Å². The van der Waals surface area contributed by atoms with Gasteiger partial charge in [-0.15, -0.1) is 0 Å². The topological polar surface area (TPSA) is 108 Å². The van der Waals surface area contributed by atoms with E-state index in [0.717, 1.165) is 6.42 Å². The molecule has 3 fully saturated rings. The van der Waals surface area contributed by atoms with Crippen LogP contribution in [0.5, 0.6) is 0 Å². The first kappa shape index (κ1) is 28.2. The van der Waals surface area contributed by atoms with Gasteiger partial charge < -0.3 is 38.9 Å². The normalized spacial score (nSPS) is 31.5. The van der Waals surface area contributed by atoms with E-state index in [4.69, 9.17) is 23.4 Å². The number of carbonyl (C=O) groups is 2. The number of nitrogens with one attached hydrogen (secondary N) is 2. The Morgan fingerprint density at radius 3 is 2.37 bits per heavy atom. The Labute approximate surface area is 210 Å². The van der Waals surface area contributed by atoms with Crippen molar-refractivity contribution in [3.8, 4) is 0 Å². The van der Waals surface area contributed by atoms with Crippen LogP contribution in [0.25, 0.3) is 0 Å². The molecule has 3 heterocycles. The summed E-state index contributed by atoms with van der Waals surface area (Å²) in [7, 11) is -2.30. The Kier molecular flexibility index (Phi) is 7.90. The van der Waals surface area contributed by atoms with Gasteiger partial charge >= 0.3 is 12.1 Å². The van der Waals surface area contributed by atoms with Crippen molar-refractivity contribution < 1.29 is 33.0 Å². The summed E-state index contributed by atoms with van der Waals surface area (Å²) >= 11 is 0. The maximum Gasteiger partial charge on any atom is 0.407 e. The van der Waals surface area contributed by atoms with Crippen LogP contribution in [-0.2, 0) is 23.4 Å². The smallest absolute Gasteiger partial charge is 0.407 e. The van der Waals surface area contributed by atoms with E-state index in [1.807, 2.05) is 34.6 Å². The molecule has 3 aliphatic heterocycles. The van der Waals surface area contributed by atoms with Gasteiger partial charge in [0.1, 0.15) is 30.0 Å². The number of rotatable bonds is 5. The molecule has 0 aromatic carbocycles. The third kappa shape index (κ3) is 6.68. The van der Waals surface area contributed by atoms with Crippen molar-refractivity contribution >= 4 is 20.4 Å². The molecule has 0 bridgehead atoms. The first-order valence-corrected chi connectivity index (χ1v) is 15.5. The van der Waals surface area contributed by atoms with Crippen LogP contribution >= 0.6 is 0 Å². The average molecular weight is 516 g/mol. The van der Waals surface area contributed by atoms with Crippen LogP contribution in [0.15, 0.2) is 0 Å². The molecule has 0 aliphatic carbocycles. The number of carbonyl (C=O) groups excluding carboxylic acids is 2. The second-order valence-electron chi connectivity index (χ2n) is 12.6. The van der Waals surface area contributed by atoms with Crippen molar-refractivity contribution in [1.29, 1.82) is 0 Å². The molecule has 10 nitrogen and oxygen atoms in total. The van der Waals surface area contributed by atoms with E-state index in [-0.39, 0.29) is 17.6 Å². The zero-order valence-corrected chi connectivity index (χ0v) is 24.0. The van der Waals surface area contributed by atoms with E-state index >= 15 is 0 Å². The highest BCUT2D eigenvalue weighted by atomic mass is 28.4. The molecule has 11 heteroatoms. The molecule has 2 N–H and O–H groups in total. The summed E-state index contributed by atoms with van der Waals surface area (Å²) in [5.41, 5.74) is -0.615. The van der Waals surface area contributed by atoms with Crippen molar-refractivity contribution in [2.75, 3.05) is 19.6 Å². The molecule has 4 unspecified atom stereocenters. The first-order chi connectivity index (χ1) is 15.9. The minimum atomic E-state index is -2.30. The number of hydrogen-bond donors (Lipinski definition) is 2. The third-order valence-corrected chi connectivity index (χ3v) is 11.4. The van der Waals surface area contributed by atoms with Gasteiger partial charge in [-0.2, -0.15) is 0 Å². The van der Waals surface area contributed by atoms with Crippen molar-refractivity contribution in [2.45, 2.75) is 122 Å². The summed E-state index contributed by atoms with van der Waals surface area (Å²) in [5.74, 6) is -0.876. The van der Waals surface area contributed by atoms with Crippen LogP contribution in [0.4, 0.5) is 9.59 Å². The van der Waals surface area contributed by atoms with Gasteiger partial charge in [-0.25, -0.2) is 9.59 Å². The van der Waals surface area contributed by atoms with Gasteiger partial charge in [-0.3, -0.25) is 0 Å². The number of fused-ring (bicyclic) bond motifs is 1. The fraction of sp³-hybridized carbons (Fsp3) is 0.917. The van der Waals surface area contributed by atoms with Crippen LogP contribution in [0, 0.1) is 0 Å². The Balaban J connectivity index is 1.91. The Morgan fingerprint density at radius 2 is 1.80 bits per heavy atom. The molecule has 3 rings (SSSR count). The van der Waals surface area contributed by atoms with Gasteiger partial charge in [0, 0.05) is 19.6 Å². The molecule has 0 saturated carbocycles. The lowest BCUT2D eigenvalue weighted by molar-refractivity contribution is -0.230. The number of alkyl carbamates (subject to hydrolysis) is 1. The molecule has 3 amide bonds. The Bertz CT molecular complexity index is 793. The van der Waals surface area contributed by atoms with Crippen LogP contribution in [0.1, 0.15) is 61.8 Å². The van der Waals surface area contributed by atoms with E-state index in [2.05, 4.69) is 44.5 Å². The van der Waals surface area contributed by atoms with Gasteiger partial charge in [-0.1, -0.05) is 20.8 Å². The molecule has 0 spiro atoms. The van der Waals surface area contributed by atoms with Gasteiger partial charge in [0.15, 0.2) is 20.4 Å². The van der Waals surface area contributed by atoms with Crippen LogP contribution in [0.3, 0.4) is 0 Å². The fourth-order valence-electron chi connectivity index (χ4n) is 4.34. The van der Waals surface area contributed by atoms with Crippen molar-refractivity contribution in [2.24, 2.45) is 0 Å². The Hall–Kier alpha value is -1.40. The van der Waals surface area contributed by atoms with Gasteiger partial charge in [-0.05, 0) is 59.2 Å². The number of hydrogen-bond acceptors (Lipinski definition) is 7.